The van der Waals surface area contributed by atoms with E-state index < -0.39 is 12.1 Å². The van der Waals surface area contributed by atoms with Crippen LogP contribution in [0.1, 0.15) is 412 Å². The zero-order chi connectivity index (χ0) is 56.4. The van der Waals surface area contributed by atoms with Crippen LogP contribution in [0.4, 0.5) is 0 Å². The molecule has 2 atom stereocenters. The van der Waals surface area contributed by atoms with Gasteiger partial charge in [-0.25, -0.2) is 0 Å². The molecule has 0 bridgehead atoms. The van der Waals surface area contributed by atoms with Crippen LogP contribution >= 0.6 is 0 Å². The third kappa shape index (κ3) is 63.8. The molecule has 0 saturated carbocycles. The third-order valence-electron chi connectivity index (χ3n) is 17.1. The highest BCUT2D eigenvalue weighted by atomic mass is 16.5. The van der Waals surface area contributed by atoms with Gasteiger partial charge < -0.3 is 20.3 Å². The molecule has 464 valence electrons. The lowest BCUT2D eigenvalue weighted by Crippen LogP contribution is -2.45. The second-order valence-electron chi connectivity index (χ2n) is 24.9. The number of nitrogens with one attached hydrogen (secondary N) is 1. The molecular weight excluding hydrogens is 959 g/mol. The Bertz CT molecular complexity index is 1180. The first-order chi connectivity index (χ1) is 38.5. The number of hydrogen-bond acceptors (Lipinski definition) is 5. The summed E-state index contributed by atoms with van der Waals surface area (Å²) in [4.78, 5) is 24.6. The van der Waals surface area contributed by atoms with E-state index in [2.05, 4.69) is 31.3 Å². The molecule has 3 N–H and O–H groups in total. The maximum Gasteiger partial charge on any atom is 0.305 e. The Morgan fingerprint density at radius 3 is 0.910 bits per heavy atom. The van der Waals surface area contributed by atoms with Gasteiger partial charge in [0.15, 0.2) is 0 Å². The number of allylic oxidation sites excluding steroid dienone is 2. The van der Waals surface area contributed by atoms with Gasteiger partial charge in [-0.2, -0.15) is 0 Å². The Morgan fingerprint density at radius 1 is 0.346 bits per heavy atom. The van der Waals surface area contributed by atoms with Gasteiger partial charge in [0.05, 0.1) is 25.4 Å². The molecule has 0 aromatic heterocycles. The van der Waals surface area contributed by atoms with Gasteiger partial charge in [0.2, 0.25) is 5.91 Å². The molecule has 0 aromatic rings. The molecule has 0 rings (SSSR count). The van der Waals surface area contributed by atoms with Crippen molar-refractivity contribution < 1.29 is 24.5 Å². The van der Waals surface area contributed by atoms with Crippen LogP contribution in [0.5, 0.6) is 0 Å². The maximum absolute atomic E-state index is 12.6. The summed E-state index contributed by atoms with van der Waals surface area (Å²) in [5.41, 5.74) is 0. The number of hydrogen-bond donors (Lipinski definition) is 3. The van der Waals surface area contributed by atoms with Gasteiger partial charge >= 0.3 is 5.97 Å². The van der Waals surface area contributed by atoms with E-state index in [0.717, 1.165) is 38.5 Å². The van der Waals surface area contributed by atoms with Gasteiger partial charge in [0.25, 0.3) is 0 Å². The zero-order valence-electron chi connectivity index (χ0n) is 53.2. The molecule has 0 aliphatic heterocycles. The smallest absolute Gasteiger partial charge is 0.305 e. The number of amides is 1. The molecule has 1 amide bonds. The highest BCUT2D eigenvalue weighted by molar-refractivity contribution is 5.76. The summed E-state index contributed by atoms with van der Waals surface area (Å²) in [5.74, 6) is -0.0243. The minimum atomic E-state index is -0.670. The molecule has 6 nitrogen and oxygen atoms in total. The summed E-state index contributed by atoms with van der Waals surface area (Å²) in [6, 6.07) is -0.548. The number of aliphatic hydroxyl groups is 2. The number of esters is 1. The normalized spacial score (nSPS) is 12.5. The average molecular weight is 1100 g/mol. The molecule has 2 unspecified atom stereocenters. The fourth-order valence-electron chi connectivity index (χ4n) is 11.6. The van der Waals surface area contributed by atoms with E-state index in [9.17, 15) is 19.8 Å². The quantitative estimate of drug-likeness (QED) is 0.0320. The first-order valence-electron chi connectivity index (χ1n) is 35.9. The number of ether oxygens (including phenoxy) is 1. The standard InChI is InChI=1S/C72H141NO5/c1-3-5-7-9-11-13-15-17-19-21-22-23-24-25-27-30-33-36-40-44-48-52-56-60-64-70(75)69(68-74)73-71(76)65-61-57-53-49-45-41-37-34-31-28-26-29-32-35-39-43-47-51-55-59-63-67-78-72(77)66-62-58-54-50-46-42-38-20-18-16-14-12-10-8-6-4-2/h28,31,69-70,74-75H,3-27,29-30,32-68H2,1-2H3,(H,73,76)/b31-28-. The second kappa shape index (κ2) is 68.1. The molecule has 0 radical (unpaired) electrons. The van der Waals surface area contributed by atoms with Crippen LogP contribution in [0.15, 0.2) is 12.2 Å². The van der Waals surface area contributed by atoms with Crippen molar-refractivity contribution in [3.05, 3.63) is 12.2 Å². The van der Waals surface area contributed by atoms with Crippen molar-refractivity contribution in [3.8, 4) is 0 Å². The van der Waals surface area contributed by atoms with Gasteiger partial charge in [-0.1, -0.05) is 360 Å². The predicted molar refractivity (Wildman–Crippen MR) is 343 cm³/mol. The number of carbonyl (C=O) groups is 2. The molecule has 0 aromatic carbocycles. The minimum absolute atomic E-state index is 0.0131. The minimum Gasteiger partial charge on any atom is -0.466 e. The van der Waals surface area contributed by atoms with Gasteiger partial charge in [-0.3, -0.25) is 9.59 Å². The first-order valence-corrected chi connectivity index (χ1v) is 35.9. The Balaban J connectivity index is 3.40. The summed E-state index contributed by atoms with van der Waals surface area (Å²) in [6.07, 6.45) is 84.0. The van der Waals surface area contributed by atoms with E-state index in [0.29, 0.717) is 25.9 Å². The van der Waals surface area contributed by atoms with E-state index >= 15 is 0 Å². The summed E-state index contributed by atoms with van der Waals surface area (Å²) < 4.78 is 5.50. The molecule has 0 spiro atoms. The molecular formula is C72H141NO5. The van der Waals surface area contributed by atoms with E-state index in [4.69, 9.17) is 4.74 Å². The summed E-state index contributed by atoms with van der Waals surface area (Å²) in [5, 5.41) is 23.4. The summed E-state index contributed by atoms with van der Waals surface area (Å²) >= 11 is 0. The summed E-state index contributed by atoms with van der Waals surface area (Å²) in [6.45, 7) is 5.00. The molecule has 6 heteroatoms. The van der Waals surface area contributed by atoms with Crippen LogP contribution < -0.4 is 5.32 Å². The van der Waals surface area contributed by atoms with Crippen LogP contribution in [0.3, 0.4) is 0 Å². The van der Waals surface area contributed by atoms with Crippen molar-refractivity contribution in [1.29, 1.82) is 0 Å². The number of aliphatic hydroxyl groups excluding tert-OH is 2. The third-order valence-corrected chi connectivity index (χ3v) is 17.1. The molecule has 0 fully saturated rings. The topological polar surface area (TPSA) is 95.9 Å². The Labute approximate surface area is 489 Å². The van der Waals surface area contributed by atoms with Crippen molar-refractivity contribution in [3.63, 3.8) is 0 Å². The molecule has 0 heterocycles. The number of carbonyl (C=O) groups excluding carboxylic acids is 2. The van der Waals surface area contributed by atoms with E-state index in [-0.39, 0.29) is 18.5 Å². The Kier molecular flexibility index (Phi) is 66.9. The first kappa shape index (κ1) is 76.6. The molecule has 0 aliphatic carbocycles. The maximum atomic E-state index is 12.6. The van der Waals surface area contributed by atoms with Crippen molar-refractivity contribution in [2.24, 2.45) is 0 Å². The Morgan fingerprint density at radius 2 is 0.603 bits per heavy atom. The predicted octanol–water partition coefficient (Wildman–Crippen LogP) is 23.1. The molecule has 0 aliphatic rings. The summed E-state index contributed by atoms with van der Waals surface area (Å²) in [7, 11) is 0. The molecule has 0 saturated heterocycles. The number of unbranched alkanes of at least 4 members (excludes halogenated alkanes) is 55. The monoisotopic (exact) mass is 1100 g/mol. The fraction of sp³-hybridized carbons (Fsp3) is 0.944. The van der Waals surface area contributed by atoms with Crippen molar-refractivity contribution in [2.75, 3.05) is 13.2 Å². The Hall–Kier alpha value is -1.40. The van der Waals surface area contributed by atoms with Crippen LogP contribution in [-0.4, -0.2) is 47.4 Å². The highest BCUT2D eigenvalue weighted by Crippen LogP contribution is 2.19. The SMILES string of the molecule is CCCCCCCCCCCCCCCCCCCCCCCCCCC(O)C(CO)NC(=O)CCCCCCCCC/C=C\CCCCCCCCCCCCOC(=O)CCCCCCCCCCCCCCCCCC. The highest BCUT2D eigenvalue weighted by Gasteiger charge is 2.20. The lowest BCUT2D eigenvalue weighted by atomic mass is 10.0. The van der Waals surface area contributed by atoms with Crippen molar-refractivity contribution in [2.45, 2.75) is 424 Å². The lowest BCUT2D eigenvalue weighted by molar-refractivity contribution is -0.143. The van der Waals surface area contributed by atoms with Gasteiger partial charge in [-0.05, 0) is 51.4 Å². The van der Waals surface area contributed by atoms with Crippen LogP contribution in [0.2, 0.25) is 0 Å². The van der Waals surface area contributed by atoms with Crippen molar-refractivity contribution >= 4 is 11.9 Å². The van der Waals surface area contributed by atoms with Crippen molar-refractivity contribution in [1.82, 2.24) is 5.32 Å². The van der Waals surface area contributed by atoms with Crippen LogP contribution in [0.25, 0.3) is 0 Å². The zero-order valence-corrected chi connectivity index (χ0v) is 53.2. The fourth-order valence-corrected chi connectivity index (χ4v) is 11.6. The van der Waals surface area contributed by atoms with Crippen LogP contribution in [0, 0.1) is 0 Å². The van der Waals surface area contributed by atoms with E-state index in [1.165, 1.54) is 340 Å². The largest absolute Gasteiger partial charge is 0.466 e. The average Bonchev–Trinajstić information content (AvgIpc) is 3.44. The van der Waals surface area contributed by atoms with Gasteiger partial charge in [0.1, 0.15) is 0 Å². The molecule has 78 heavy (non-hydrogen) atoms. The second-order valence-corrected chi connectivity index (χ2v) is 24.9. The van der Waals surface area contributed by atoms with Gasteiger partial charge in [0, 0.05) is 12.8 Å². The number of rotatable bonds is 68. The van der Waals surface area contributed by atoms with E-state index in [1.54, 1.807) is 0 Å². The van der Waals surface area contributed by atoms with Gasteiger partial charge in [-0.15, -0.1) is 0 Å². The van der Waals surface area contributed by atoms with E-state index in [1.807, 2.05) is 0 Å². The van der Waals surface area contributed by atoms with Crippen LogP contribution in [-0.2, 0) is 14.3 Å². The lowest BCUT2D eigenvalue weighted by Gasteiger charge is -2.22.